The number of urea groups is 1. The smallest absolute Gasteiger partial charge is 0.319 e. The molecule has 0 bridgehead atoms. The lowest BCUT2D eigenvalue weighted by molar-refractivity contribution is 0.243. The molecule has 0 spiro atoms. The number of thioether (sulfide) groups is 1. The fourth-order valence-electron chi connectivity index (χ4n) is 1.50. The highest BCUT2D eigenvalue weighted by Gasteiger charge is 2.07. The molecule has 1 rings (SSSR count). The molecule has 1 aromatic rings. The van der Waals surface area contributed by atoms with E-state index in [0.717, 1.165) is 10.6 Å². The van der Waals surface area contributed by atoms with Crippen molar-refractivity contribution in [3.8, 4) is 0 Å². The maximum atomic E-state index is 11.7. The number of amides is 2. The number of para-hydroxylation sites is 1. The normalized spacial score (nSPS) is 11.9. The second-order valence-electron chi connectivity index (χ2n) is 4.15. The molecule has 1 atom stereocenters. The predicted molar refractivity (Wildman–Crippen MR) is 76.1 cm³/mol. The van der Waals surface area contributed by atoms with E-state index in [-0.39, 0.29) is 18.6 Å². The van der Waals surface area contributed by atoms with E-state index in [1.54, 1.807) is 11.8 Å². The van der Waals surface area contributed by atoms with E-state index in [1.807, 2.05) is 37.4 Å². The van der Waals surface area contributed by atoms with Crippen LogP contribution in [0.25, 0.3) is 0 Å². The third-order valence-electron chi connectivity index (χ3n) is 2.59. The number of carbonyl (C=O) groups excluding carboxylic acids is 1. The number of hydrogen-bond donors (Lipinski definition) is 3. The van der Waals surface area contributed by atoms with Crippen LogP contribution in [-0.4, -0.2) is 30.5 Å². The molecule has 0 aliphatic rings. The lowest BCUT2D eigenvalue weighted by Gasteiger charge is -2.13. The molecular formula is C13H20N2O2S. The molecule has 0 saturated heterocycles. The lowest BCUT2D eigenvalue weighted by atomic mass is 10.1. The van der Waals surface area contributed by atoms with Gasteiger partial charge in [0.1, 0.15) is 0 Å². The Kier molecular flexibility index (Phi) is 6.60. The van der Waals surface area contributed by atoms with Crippen LogP contribution in [0.3, 0.4) is 0 Å². The van der Waals surface area contributed by atoms with Crippen molar-refractivity contribution in [2.24, 2.45) is 5.92 Å². The van der Waals surface area contributed by atoms with Crippen molar-refractivity contribution in [3.05, 3.63) is 24.3 Å². The highest BCUT2D eigenvalue weighted by atomic mass is 32.2. The monoisotopic (exact) mass is 268 g/mol. The van der Waals surface area contributed by atoms with Gasteiger partial charge in [0.05, 0.1) is 5.69 Å². The van der Waals surface area contributed by atoms with Crippen molar-refractivity contribution in [2.75, 3.05) is 24.7 Å². The standard InChI is InChI=1S/C13H20N2O2S/c1-10(7-8-16)9-14-13(17)15-11-5-3-4-6-12(11)18-2/h3-6,10,16H,7-9H2,1-2H3,(H2,14,15,17). The van der Waals surface area contributed by atoms with Crippen LogP contribution in [0.4, 0.5) is 10.5 Å². The average molecular weight is 268 g/mol. The average Bonchev–Trinajstić information content (AvgIpc) is 2.37. The fraction of sp³-hybridized carbons (Fsp3) is 0.462. The fourth-order valence-corrected chi connectivity index (χ4v) is 2.06. The summed E-state index contributed by atoms with van der Waals surface area (Å²) in [7, 11) is 0. The Morgan fingerprint density at radius 1 is 1.44 bits per heavy atom. The maximum absolute atomic E-state index is 11.7. The Bertz CT molecular complexity index is 385. The zero-order valence-electron chi connectivity index (χ0n) is 10.8. The van der Waals surface area contributed by atoms with Gasteiger partial charge in [-0.05, 0) is 30.7 Å². The van der Waals surface area contributed by atoms with Crippen molar-refractivity contribution in [1.82, 2.24) is 5.32 Å². The van der Waals surface area contributed by atoms with Gasteiger partial charge in [-0.15, -0.1) is 11.8 Å². The Hall–Kier alpha value is -1.20. The molecule has 5 heteroatoms. The van der Waals surface area contributed by atoms with Gasteiger partial charge in [-0.3, -0.25) is 0 Å². The molecule has 1 aromatic carbocycles. The molecule has 0 saturated carbocycles. The topological polar surface area (TPSA) is 61.4 Å². The van der Waals surface area contributed by atoms with Gasteiger partial charge in [0, 0.05) is 18.0 Å². The van der Waals surface area contributed by atoms with E-state index >= 15 is 0 Å². The van der Waals surface area contributed by atoms with Gasteiger partial charge >= 0.3 is 6.03 Å². The van der Waals surface area contributed by atoms with Gasteiger partial charge in [-0.2, -0.15) is 0 Å². The van der Waals surface area contributed by atoms with Crippen LogP contribution in [0.15, 0.2) is 29.2 Å². The van der Waals surface area contributed by atoms with E-state index in [0.29, 0.717) is 13.0 Å². The number of aliphatic hydroxyl groups is 1. The van der Waals surface area contributed by atoms with E-state index in [4.69, 9.17) is 5.11 Å². The summed E-state index contributed by atoms with van der Waals surface area (Å²) >= 11 is 1.59. The lowest BCUT2D eigenvalue weighted by Crippen LogP contribution is -2.32. The first kappa shape index (κ1) is 14.9. The van der Waals surface area contributed by atoms with E-state index in [9.17, 15) is 4.79 Å². The van der Waals surface area contributed by atoms with Gasteiger partial charge in [0.15, 0.2) is 0 Å². The number of rotatable bonds is 6. The van der Waals surface area contributed by atoms with Crippen LogP contribution < -0.4 is 10.6 Å². The first-order valence-corrected chi connectivity index (χ1v) is 7.18. The minimum absolute atomic E-state index is 0.153. The molecule has 0 aliphatic heterocycles. The minimum atomic E-state index is -0.207. The molecule has 3 N–H and O–H groups in total. The van der Waals surface area contributed by atoms with Crippen LogP contribution >= 0.6 is 11.8 Å². The molecular weight excluding hydrogens is 248 g/mol. The summed E-state index contributed by atoms with van der Waals surface area (Å²) in [5, 5.41) is 14.4. The molecule has 0 aliphatic carbocycles. The van der Waals surface area contributed by atoms with E-state index in [2.05, 4.69) is 10.6 Å². The zero-order valence-corrected chi connectivity index (χ0v) is 11.6. The molecule has 0 aromatic heterocycles. The molecule has 0 heterocycles. The molecule has 100 valence electrons. The first-order chi connectivity index (χ1) is 8.67. The molecule has 2 amide bonds. The number of carbonyl (C=O) groups is 1. The van der Waals surface area contributed by atoms with Gasteiger partial charge in [0.25, 0.3) is 0 Å². The number of aliphatic hydroxyl groups excluding tert-OH is 1. The van der Waals surface area contributed by atoms with Gasteiger partial charge in [-0.25, -0.2) is 4.79 Å². The zero-order chi connectivity index (χ0) is 13.4. The van der Waals surface area contributed by atoms with Gasteiger partial charge < -0.3 is 15.7 Å². The third kappa shape index (κ3) is 4.98. The highest BCUT2D eigenvalue weighted by molar-refractivity contribution is 7.98. The van der Waals surface area contributed by atoms with E-state index in [1.165, 1.54) is 0 Å². The number of benzene rings is 1. The van der Waals surface area contributed by atoms with Crippen LogP contribution in [-0.2, 0) is 0 Å². The summed E-state index contributed by atoms with van der Waals surface area (Å²) < 4.78 is 0. The van der Waals surface area contributed by atoms with Gasteiger partial charge in [-0.1, -0.05) is 19.1 Å². The molecule has 1 unspecified atom stereocenters. The Morgan fingerprint density at radius 3 is 2.83 bits per heavy atom. The summed E-state index contributed by atoms with van der Waals surface area (Å²) in [6.07, 6.45) is 2.67. The van der Waals surface area contributed by atoms with Crippen LogP contribution in [0.1, 0.15) is 13.3 Å². The van der Waals surface area contributed by atoms with Crippen LogP contribution in [0, 0.1) is 5.92 Å². The quantitative estimate of drug-likeness (QED) is 0.695. The molecule has 18 heavy (non-hydrogen) atoms. The number of anilines is 1. The predicted octanol–water partition coefficient (Wildman–Crippen LogP) is 2.55. The molecule has 0 radical (unpaired) electrons. The minimum Gasteiger partial charge on any atom is -0.396 e. The molecule has 4 nitrogen and oxygen atoms in total. The summed E-state index contributed by atoms with van der Waals surface area (Å²) in [6.45, 7) is 2.71. The second kappa shape index (κ2) is 8.00. The summed E-state index contributed by atoms with van der Waals surface area (Å²) in [5.74, 6) is 0.275. The van der Waals surface area contributed by atoms with Crippen molar-refractivity contribution < 1.29 is 9.90 Å². The van der Waals surface area contributed by atoms with Crippen molar-refractivity contribution >= 4 is 23.5 Å². The summed E-state index contributed by atoms with van der Waals surface area (Å²) in [6, 6.07) is 7.47. The Morgan fingerprint density at radius 2 is 2.17 bits per heavy atom. The largest absolute Gasteiger partial charge is 0.396 e. The maximum Gasteiger partial charge on any atom is 0.319 e. The highest BCUT2D eigenvalue weighted by Crippen LogP contribution is 2.24. The van der Waals surface area contributed by atoms with Gasteiger partial charge in [0.2, 0.25) is 0 Å². The van der Waals surface area contributed by atoms with Crippen molar-refractivity contribution in [3.63, 3.8) is 0 Å². The van der Waals surface area contributed by atoms with Crippen LogP contribution in [0.5, 0.6) is 0 Å². The molecule has 0 fully saturated rings. The number of nitrogens with one attached hydrogen (secondary N) is 2. The van der Waals surface area contributed by atoms with E-state index < -0.39 is 0 Å². The summed E-state index contributed by atoms with van der Waals surface area (Å²) in [5.41, 5.74) is 0.817. The number of hydrogen-bond acceptors (Lipinski definition) is 3. The second-order valence-corrected chi connectivity index (χ2v) is 5.00. The summed E-state index contributed by atoms with van der Waals surface area (Å²) in [4.78, 5) is 12.7. The SMILES string of the molecule is CSc1ccccc1NC(=O)NCC(C)CCO. The third-order valence-corrected chi connectivity index (χ3v) is 3.38. The Labute approximate surface area is 112 Å². The van der Waals surface area contributed by atoms with Crippen molar-refractivity contribution in [1.29, 1.82) is 0 Å². The Balaban J connectivity index is 2.44. The van der Waals surface area contributed by atoms with Crippen molar-refractivity contribution in [2.45, 2.75) is 18.2 Å². The van der Waals surface area contributed by atoms with Crippen LogP contribution in [0.2, 0.25) is 0 Å². The first-order valence-electron chi connectivity index (χ1n) is 5.96.